The van der Waals surface area contributed by atoms with Crippen LogP contribution in [-0.2, 0) is 13.2 Å². The zero-order valence-electron chi connectivity index (χ0n) is 9.55. The van der Waals surface area contributed by atoms with Crippen molar-refractivity contribution in [2.75, 3.05) is 0 Å². The van der Waals surface area contributed by atoms with Gasteiger partial charge < -0.3 is 5.11 Å². The Labute approximate surface area is 99.4 Å². The normalized spacial score (nSPS) is 11.2. The second kappa shape index (κ2) is 4.80. The third-order valence-corrected chi connectivity index (χ3v) is 3.23. The fraction of sp³-hybridized carbons (Fsp3) is 0.417. The summed E-state index contributed by atoms with van der Waals surface area (Å²) in [4.78, 5) is 1.15. The van der Waals surface area contributed by atoms with E-state index in [-0.39, 0.29) is 6.61 Å². The van der Waals surface area contributed by atoms with Crippen molar-refractivity contribution in [2.45, 2.75) is 27.0 Å². The maximum absolute atomic E-state index is 9.28. The summed E-state index contributed by atoms with van der Waals surface area (Å²) >= 11 is 1.67. The maximum Gasteiger partial charge on any atom is 0.103 e. The van der Waals surface area contributed by atoms with Crippen LogP contribution in [0.4, 0.5) is 0 Å². The fourth-order valence-corrected chi connectivity index (χ4v) is 2.31. The standard InChI is InChI=1S/C12H16N2OS/c1-9(2)7-14-10(8-15)6-11(13-14)12-4-3-5-16-12/h3-6,9,15H,7-8H2,1-2H3. The van der Waals surface area contributed by atoms with Crippen molar-refractivity contribution in [3.05, 3.63) is 29.3 Å². The van der Waals surface area contributed by atoms with Crippen LogP contribution < -0.4 is 0 Å². The lowest BCUT2D eigenvalue weighted by Gasteiger charge is -2.07. The average molecular weight is 236 g/mol. The third kappa shape index (κ3) is 2.33. The predicted octanol–water partition coefficient (Wildman–Crippen LogP) is 2.76. The van der Waals surface area contributed by atoms with Crippen molar-refractivity contribution < 1.29 is 5.11 Å². The highest BCUT2D eigenvalue weighted by Gasteiger charge is 2.10. The van der Waals surface area contributed by atoms with E-state index in [9.17, 15) is 5.11 Å². The van der Waals surface area contributed by atoms with Crippen molar-refractivity contribution in [3.8, 4) is 10.6 Å². The van der Waals surface area contributed by atoms with Crippen LogP contribution >= 0.6 is 11.3 Å². The van der Waals surface area contributed by atoms with Crippen LogP contribution in [-0.4, -0.2) is 14.9 Å². The number of thiophene rings is 1. The molecule has 2 aromatic heterocycles. The number of aliphatic hydroxyl groups is 1. The van der Waals surface area contributed by atoms with Gasteiger partial charge in [0, 0.05) is 6.54 Å². The van der Waals surface area contributed by atoms with Crippen molar-refractivity contribution in [3.63, 3.8) is 0 Å². The zero-order valence-corrected chi connectivity index (χ0v) is 10.4. The minimum absolute atomic E-state index is 0.0467. The van der Waals surface area contributed by atoms with Gasteiger partial charge >= 0.3 is 0 Å². The fourth-order valence-electron chi connectivity index (χ4n) is 1.63. The van der Waals surface area contributed by atoms with Crippen LogP contribution in [0.1, 0.15) is 19.5 Å². The largest absolute Gasteiger partial charge is 0.390 e. The highest BCUT2D eigenvalue weighted by molar-refractivity contribution is 7.13. The van der Waals surface area contributed by atoms with Crippen molar-refractivity contribution >= 4 is 11.3 Å². The van der Waals surface area contributed by atoms with E-state index in [4.69, 9.17) is 0 Å². The number of aliphatic hydroxyl groups excluding tert-OH is 1. The summed E-state index contributed by atoms with van der Waals surface area (Å²) in [6, 6.07) is 6.03. The Balaban J connectivity index is 2.32. The van der Waals surface area contributed by atoms with Gasteiger partial charge in [-0.25, -0.2) is 0 Å². The van der Waals surface area contributed by atoms with Crippen LogP contribution in [0.15, 0.2) is 23.6 Å². The lowest BCUT2D eigenvalue weighted by Crippen LogP contribution is -2.09. The monoisotopic (exact) mass is 236 g/mol. The molecule has 3 nitrogen and oxygen atoms in total. The molecule has 2 rings (SSSR count). The first-order chi connectivity index (χ1) is 7.70. The summed E-state index contributed by atoms with van der Waals surface area (Å²) in [5, 5.41) is 15.9. The summed E-state index contributed by atoms with van der Waals surface area (Å²) in [5.41, 5.74) is 1.84. The van der Waals surface area contributed by atoms with E-state index in [0.29, 0.717) is 5.92 Å². The highest BCUT2D eigenvalue weighted by Crippen LogP contribution is 2.24. The predicted molar refractivity (Wildman–Crippen MR) is 66.3 cm³/mol. The summed E-state index contributed by atoms with van der Waals surface area (Å²) < 4.78 is 1.90. The van der Waals surface area contributed by atoms with Gasteiger partial charge in [0.25, 0.3) is 0 Å². The smallest absolute Gasteiger partial charge is 0.103 e. The van der Waals surface area contributed by atoms with Gasteiger partial charge in [-0.2, -0.15) is 5.10 Å². The van der Waals surface area contributed by atoms with Gasteiger partial charge in [-0.3, -0.25) is 4.68 Å². The number of rotatable bonds is 4. The molecule has 0 aromatic carbocycles. The van der Waals surface area contributed by atoms with Crippen LogP contribution in [0.5, 0.6) is 0 Å². The minimum atomic E-state index is 0.0467. The summed E-state index contributed by atoms with van der Waals surface area (Å²) in [7, 11) is 0. The number of aromatic nitrogens is 2. The molecule has 0 fully saturated rings. The Kier molecular flexibility index (Phi) is 3.41. The Morgan fingerprint density at radius 3 is 2.88 bits per heavy atom. The Morgan fingerprint density at radius 2 is 2.31 bits per heavy atom. The molecule has 0 atom stereocenters. The number of hydrogen-bond donors (Lipinski definition) is 1. The van der Waals surface area contributed by atoms with E-state index in [0.717, 1.165) is 22.8 Å². The second-order valence-electron chi connectivity index (χ2n) is 4.23. The molecule has 0 aliphatic heterocycles. The topological polar surface area (TPSA) is 38.0 Å². The van der Waals surface area contributed by atoms with Crippen molar-refractivity contribution in [2.24, 2.45) is 5.92 Å². The highest BCUT2D eigenvalue weighted by atomic mass is 32.1. The maximum atomic E-state index is 9.28. The van der Waals surface area contributed by atoms with Gasteiger partial charge in [0.2, 0.25) is 0 Å². The van der Waals surface area contributed by atoms with Crippen LogP contribution in [0, 0.1) is 5.92 Å². The molecule has 0 amide bonds. The molecule has 86 valence electrons. The van der Waals surface area contributed by atoms with E-state index in [2.05, 4.69) is 18.9 Å². The van der Waals surface area contributed by atoms with Gasteiger partial charge in [-0.05, 0) is 23.4 Å². The molecular weight excluding hydrogens is 220 g/mol. The molecule has 0 radical (unpaired) electrons. The summed E-state index contributed by atoms with van der Waals surface area (Å²) in [6.07, 6.45) is 0. The lowest BCUT2D eigenvalue weighted by molar-refractivity contribution is 0.264. The zero-order chi connectivity index (χ0) is 11.5. The van der Waals surface area contributed by atoms with Gasteiger partial charge in [0.15, 0.2) is 0 Å². The Morgan fingerprint density at radius 1 is 1.50 bits per heavy atom. The molecule has 0 aliphatic rings. The molecule has 0 bridgehead atoms. The van der Waals surface area contributed by atoms with Gasteiger partial charge in [0.05, 0.1) is 17.2 Å². The van der Waals surface area contributed by atoms with Crippen molar-refractivity contribution in [1.29, 1.82) is 0 Å². The molecule has 2 aromatic rings. The van der Waals surface area contributed by atoms with Crippen molar-refractivity contribution in [1.82, 2.24) is 9.78 Å². The quantitative estimate of drug-likeness (QED) is 0.886. The number of nitrogens with zero attached hydrogens (tertiary/aromatic N) is 2. The Bertz CT molecular complexity index is 446. The summed E-state index contributed by atoms with van der Waals surface area (Å²) in [5.74, 6) is 0.529. The summed E-state index contributed by atoms with van der Waals surface area (Å²) in [6.45, 7) is 5.19. The Hall–Kier alpha value is -1.13. The molecule has 0 unspecified atom stereocenters. The van der Waals surface area contributed by atoms with Gasteiger partial charge in [-0.15, -0.1) is 11.3 Å². The van der Waals surface area contributed by atoms with Crippen LogP contribution in [0.3, 0.4) is 0 Å². The van der Waals surface area contributed by atoms with Gasteiger partial charge in [0.1, 0.15) is 5.69 Å². The molecule has 0 aliphatic carbocycles. The first-order valence-electron chi connectivity index (χ1n) is 5.42. The molecule has 2 heterocycles. The van der Waals surface area contributed by atoms with E-state index in [1.165, 1.54) is 0 Å². The molecule has 1 N–H and O–H groups in total. The molecule has 0 saturated heterocycles. The van der Waals surface area contributed by atoms with E-state index >= 15 is 0 Å². The lowest BCUT2D eigenvalue weighted by atomic mass is 10.2. The molecule has 16 heavy (non-hydrogen) atoms. The van der Waals surface area contributed by atoms with E-state index in [1.807, 2.05) is 28.3 Å². The third-order valence-electron chi connectivity index (χ3n) is 2.34. The first kappa shape index (κ1) is 11.4. The average Bonchev–Trinajstić information content (AvgIpc) is 2.83. The second-order valence-corrected chi connectivity index (χ2v) is 5.18. The number of hydrogen-bond acceptors (Lipinski definition) is 3. The molecule has 4 heteroatoms. The minimum Gasteiger partial charge on any atom is -0.390 e. The first-order valence-corrected chi connectivity index (χ1v) is 6.30. The van der Waals surface area contributed by atoms with Crippen LogP contribution in [0.2, 0.25) is 0 Å². The molecular formula is C12H16N2OS. The molecule has 0 spiro atoms. The van der Waals surface area contributed by atoms with E-state index in [1.54, 1.807) is 11.3 Å². The SMILES string of the molecule is CC(C)Cn1nc(-c2cccs2)cc1CO. The van der Waals surface area contributed by atoms with E-state index < -0.39 is 0 Å². The van der Waals surface area contributed by atoms with Crippen LogP contribution in [0.25, 0.3) is 10.6 Å². The van der Waals surface area contributed by atoms with Gasteiger partial charge in [-0.1, -0.05) is 19.9 Å². The molecule has 0 saturated carbocycles.